The summed E-state index contributed by atoms with van der Waals surface area (Å²) < 4.78 is 38.7. The predicted octanol–water partition coefficient (Wildman–Crippen LogP) is 3.39. The molecule has 0 amide bonds. The predicted molar refractivity (Wildman–Crippen MR) is 64.4 cm³/mol. The standard InChI is InChI=1S/C13H14F3NO2/c1-8-3-2-6-17(8)9-4-5-10(12(18)19)11(7-9)13(14,15)16/h4-5,7-8H,2-3,6H2,1H3,(H,18,19). The van der Waals surface area contributed by atoms with Gasteiger partial charge in [-0.25, -0.2) is 4.79 Å². The van der Waals surface area contributed by atoms with Crippen molar-refractivity contribution in [3.63, 3.8) is 0 Å². The Morgan fingerprint density at radius 1 is 1.42 bits per heavy atom. The third-order valence-electron chi connectivity index (χ3n) is 3.42. The smallest absolute Gasteiger partial charge is 0.417 e. The number of rotatable bonds is 2. The molecular weight excluding hydrogens is 259 g/mol. The van der Waals surface area contributed by atoms with Crippen molar-refractivity contribution in [3.05, 3.63) is 29.3 Å². The third-order valence-corrected chi connectivity index (χ3v) is 3.42. The van der Waals surface area contributed by atoms with Crippen molar-refractivity contribution in [1.29, 1.82) is 0 Å². The van der Waals surface area contributed by atoms with Gasteiger partial charge in [-0.05, 0) is 38.0 Å². The summed E-state index contributed by atoms with van der Waals surface area (Å²) in [4.78, 5) is 12.7. The Morgan fingerprint density at radius 2 is 2.11 bits per heavy atom. The summed E-state index contributed by atoms with van der Waals surface area (Å²) in [6.07, 6.45) is -2.79. The number of hydrogen-bond donors (Lipinski definition) is 1. The fourth-order valence-corrected chi connectivity index (χ4v) is 2.45. The Labute approximate surface area is 108 Å². The topological polar surface area (TPSA) is 40.5 Å². The molecule has 1 aliphatic rings. The summed E-state index contributed by atoms with van der Waals surface area (Å²) in [6, 6.07) is 3.59. The summed E-state index contributed by atoms with van der Waals surface area (Å²) in [7, 11) is 0. The maximum absolute atomic E-state index is 12.9. The summed E-state index contributed by atoms with van der Waals surface area (Å²) in [6.45, 7) is 2.65. The summed E-state index contributed by atoms with van der Waals surface area (Å²) >= 11 is 0. The highest BCUT2D eigenvalue weighted by molar-refractivity contribution is 5.90. The average molecular weight is 273 g/mol. The maximum Gasteiger partial charge on any atom is 0.417 e. The second kappa shape index (κ2) is 4.75. The van der Waals surface area contributed by atoms with E-state index < -0.39 is 23.3 Å². The first-order chi connectivity index (χ1) is 8.80. The number of hydrogen-bond acceptors (Lipinski definition) is 2. The van der Waals surface area contributed by atoms with Gasteiger partial charge < -0.3 is 10.0 Å². The minimum Gasteiger partial charge on any atom is -0.478 e. The molecule has 1 N–H and O–H groups in total. The highest BCUT2D eigenvalue weighted by atomic mass is 19.4. The lowest BCUT2D eigenvalue weighted by Gasteiger charge is -2.25. The molecule has 1 unspecified atom stereocenters. The van der Waals surface area contributed by atoms with E-state index >= 15 is 0 Å². The quantitative estimate of drug-likeness (QED) is 0.897. The zero-order valence-electron chi connectivity index (χ0n) is 10.4. The number of carboxylic acid groups (broad SMARTS) is 1. The minimum atomic E-state index is -4.66. The van der Waals surface area contributed by atoms with E-state index in [1.54, 1.807) is 0 Å². The third kappa shape index (κ3) is 2.67. The number of carbonyl (C=O) groups is 1. The van der Waals surface area contributed by atoms with E-state index in [0.717, 1.165) is 25.0 Å². The summed E-state index contributed by atoms with van der Waals surface area (Å²) in [5, 5.41) is 8.82. The molecule has 104 valence electrons. The van der Waals surface area contributed by atoms with Gasteiger partial charge in [-0.2, -0.15) is 13.2 Å². The van der Waals surface area contributed by atoms with Crippen LogP contribution in [0.1, 0.15) is 35.7 Å². The molecular formula is C13H14F3NO2. The zero-order chi connectivity index (χ0) is 14.2. The van der Waals surface area contributed by atoms with E-state index in [9.17, 15) is 18.0 Å². The molecule has 1 aromatic carbocycles. The minimum absolute atomic E-state index is 0.178. The first kappa shape index (κ1) is 13.7. The van der Waals surface area contributed by atoms with Crippen molar-refractivity contribution >= 4 is 11.7 Å². The van der Waals surface area contributed by atoms with Crippen LogP contribution >= 0.6 is 0 Å². The van der Waals surface area contributed by atoms with E-state index in [4.69, 9.17) is 5.11 Å². The molecule has 1 aromatic rings. The van der Waals surface area contributed by atoms with Gasteiger partial charge in [0.15, 0.2) is 0 Å². The van der Waals surface area contributed by atoms with Crippen LogP contribution in [0.25, 0.3) is 0 Å². The number of carboxylic acids is 1. The largest absolute Gasteiger partial charge is 0.478 e. The molecule has 1 fully saturated rings. The highest BCUT2D eigenvalue weighted by Gasteiger charge is 2.36. The number of nitrogens with zero attached hydrogens (tertiary/aromatic N) is 1. The number of anilines is 1. The molecule has 0 bridgehead atoms. The molecule has 6 heteroatoms. The summed E-state index contributed by atoms with van der Waals surface area (Å²) in [5.74, 6) is -1.56. The SMILES string of the molecule is CC1CCCN1c1ccc(C(=O)O)c(C(F)(F)F)c1. The van der Waals surface area contributed by atoms with E-state index in [1.165, 1.54) is 6.07 Å². The van der Waals surface area contributed by atoms with E-state index in [-0.39, 0.29) is 6.04 Å². The number of aromatic carboxylic acids is 1. The highest BCUT2D eigenvalue weighted by Crippen LogP contribution is 2.36. The van der Waals surface area contributed by atoms with Crippen LogP contribution in [0, 0.1) is 0 Å². The maximum atomic E-state index is 12.9. The van der Waals surface area contributed by atoms with Crippen LogP contribution in [0.2, 0.25) is 0 Å². The van der Waals surface area contributed by atoms with Crippen molar-refractivity contribution in [2.75, 3.05) is 11.4 Å². The first-order valence-electron chi connectivity index (χ1n) is 6.02. The Balaban J connectivity index is 2.47. The van der Waals surface area contributed by atoms with Crippen LogP contribution in [0.15, 0.2) is 18.2 Å². The lowest BCUT2D eigenvalue weighted by Crippen LogP contribution is -2.27. The van der Waals surface area contributed by atoms with Gasteiger partial charge in [0.2, 0.25) is 0 Å². The Kier molecular flexibility index (Phi) is 3.43. The van der Waals surface area contributed by atoms with Crippen molar-refractivity contribution in [2.45, 2.75) is 32.0 Å². The molecule has 1 atom stereocenters. The van der Waals surface area contributed by atoms with Gasteiger partial charge in [0.25, 0.3) is 0 Å². The van der Waals surface area contributed by atoms with Crippen molar-refractivity contribution in [2.24, 2.45) is 0 Å². The lowest BCUT2D eigenvalue weighted by molar-refractivity contribution is -0.138. The summed E-state index contributed by atoms with van der Waals surface area (Å²) in [5.41, 5.74) is -1.36. The lowest BCUT2D eigenvalue weighted by atomic mass is 10.1. The Morgan fingerprint density at radius 3 is 2.58 bits per heavy atom. The Hall–Kier alpha value is -1.72. The molecule has 2 rings (SSSR count). The average Bonchev–Trinajstić information content (AvgIpc) is 2.73. The molecule has 0 radical (unpaired) electrons. The second-order valence-corrected chi connectivity index (χ2v) is 4.72. The fraction of sp³-hybridized carbons (Fsp3) is 0.462. The van der Waals surface area contributed by atoms with Crippen LogP contribution in [0.3, 0.4) is 0 Å². The number of halogens is 3. The molecule has 1 saturated heterocycles. The van der Waals surface area contributed by atoms with Crippen LogP contribution in [-0.4, -0.2) is 23.7 Å². The van der Waals surface area contributed by atoms with Gasteiger partial charge in [0.05, 0.1) is 11.1 Å². The van der Waals surface area contributed by atoms with Crippen molar-refractivity contribution < 1.29 is 23.1 Å². The molecule has 0 spiro atoms. The van der Waals surface area contributed by atoms with Gasteiger partial charge >= 0.3 is 12.1 Å². The van der Waals surface area contributed by atoms with E-state index in [2.05, 4.69) is 0 Å². The first-order valence-corrected chi connectivity index (χ1v) is 6.02. The molecule has 19 heavy (non-hydrogen) atoms. The van der Waals surface area contributed by atoms with Gasteiger partial charge in [0, 0.05) is 18.3 Å². The molecule has 1 heterocycles. The zero-order valence-corrected chi connectivity index (χ0v) is 10.4. The second-order valence-electron chi connectivity index (χ2n) is 4.72. The molecule has 3 nitrogen and oxygen atoms in total. The monoisotopic (exact) mass is 273 g/mol. The molecule has 0 aliphatic carbocycles. The normalized spacial score (nSPS) is 19.8. The van der Waals surface area contributed by atoms with Crippen LogP contribution in [-0.2, 0) is 6.18 Å². The fourth-order valence-electron chi connectivity index (χ4n) is 2.45. The van der Waals surface area contributed by atoms with Gasteiger partial charge in [-0.3, -0.25) is 0 Å². The van der Waals surface area contributed by atoms with Crippen LogP contribution in [0.5, 0.6) is 0 Å². The number of alkyl halides is 3. The van der Waals surface area contributed by atoms with Gasteiger partial charge in [-0.15, -0.1) is 0 Å². The van der Waals surface area contributed by atoms with E-state index in [0.29, 0.717) is 12.2 Å². The van der Waals surface area contributed by atoms with Gasteiger partial charge in [0.1, 0.15) is 0 Å². The molecule has 1 aliphatic heterocycles. The van der Waals surface area contributed by atoms with Crippen LogP contribution in [0.4, 0.5) is 18.9 Å². The van der Waals surface area contributed by atoms with Crippen molar-refractivity contribution in [3.8, 4) is 0 Å². The van der Waals surface area contributed by atoms with E-state index in [1.807, 2.05) is 11.8 Å². The van der Waals surface area contributed by atoms with Gasteiger partial charge in [-0.1, -0.05) is 0 Å². The number of benzene rings is 1. The Bertz CT molecular complexity index is 499. The molecule has 0 aromatic heterocycles. The van der Waals surface area contributed by atoms with Crippen molar-refractivity contribution in [1.82, 2.24) is 0 Å². The van der Waals surface area contributed by atoms with Crippen LogP contribution < -0.4 is 4.90 Å². The molecule has 0 saturated carbocycles.